The Morgan fingerprint density at radius 2 is 2.05 bits per heavy atom. The quantitative estimate of drug-likeness (QED) is 0.544. The van der Waals surface area contributed by atoms with Gasteiger partial charge in [0, 0.05) is 34.5 Å². The maximum Gasteiger partial charge on any atom is 0.188 e. The second kappa shape index (κ2) is 4.71. The van der Waals surface area contributed by atoms with E-state index in [9.17, 15) is 0 Å². The molecular weight excluding hydrogens is 280 g/mol. The van der Waals surface area contributed by atoms with Gasteiger partial charge in [-0.1, -0.05) is 23.5 Å². The molecule has 0 saturated heterocycles. The molecule has 102 valence electrons. The zero-order valence-corrected chi connectivity index (χ0v) is 11.9. The van der Waals surface area contributed by atoms with Gasteiger partial charge in [-0.25, -0.2) is 4.98 Å². The molecule has 0 aliphatic rings. The average molecular weight is 292 g/mol. The van der Waals surface area contributed by atoms with Crippen molar-refractivity contribution in [1.82, 2.24) is 9.97 Å². The van der Waals surface area contributed by atoms with Crippen molar-refractivity contribution in [2.45, 2.75) is 0 Å². The van der Waals surface area contributed by atoms with Gasteiger partial charge in [-0.2, -0.15) is 0 Å². The number of nitrogens with two attached hydrogens (primary N) is 1. The van der Waals surface area contributed by atoms with Crippen LogP contribution in [0.1, 0.15) is 0 Å². The first-order valence-electron chi connectivity index (χ1n) is 6.55. The predicted octanol–water partition coefficient (Wildman–Crippen LogP) is 4.17. The first-order chi connectivity index (χ1) is 10.3. The van der Waals surface area contributed by atoms with Gasteiger partial charge < -0.3 is 11.1 Å². The lowest BCUT2D eigenvalue weighted by molar-refractivity contribution is 1.36. The Hall–Kier alpha value is -2.66. The van der Waals surface area contributed by atoms with Crippen molar-refractivity contribution in [3.8, 4) is 0 Å². The van der Waals surface area contributed by atoms with Gasteiger partial charge in [-0.15, -0.1) is 0 Å². The molecule has 0 bridgehead atoms. The van der Waals surface area contributed by atoms with Crippen molar-refractivity contribution in [3.05, 3.63) is 54.9 Å². The molecule has 5 heteroatoms. The molecule has 4 rings (SSSR count). The molecule has 0 aliphatic heterocycles. The number of nitrogens with one attached hydrogen (secondary N) is 1. The first-order valence-corrected chi connectivity index (χ1v) is 7.37. The molecule has 2 aromatic carbocycles. The number of hydrogen-bond acceptors (Lipinski definition) is 5. The number of hydrogen-bond donors (Lipinski definition) is 2. The van der Waals surface area contributed by atoms with E-state index in [1.165, 1.54) is 0 Å². The number of nitrogen functional groups attached to an aromatic ring is 1. The summed E-state index contributed by atoms with van der Waals surface area (Å²) in [6.07, 6.45) is 3.66. The molecule has 3 N–H and O–H groups in total. The van der Waals surface area contributed by atoms with E-state index in [1.54, 1.807) is 17.5 Å². The third kappa shape index (κ3) is 2.17. The topological polar surface area (TPSA) is 63.8 Å². The minimum atomic E-state index is 0.758. The van der Waals surface area contributed by atoms with Crippen molar-refractivity contribution < 1.29 is 0 Å². The lowest BCUT2D eigenvalue weighted by atomic mass is 10.1. The summed E-state index contributed by atoms with van der Waals surface area (Å²) in [6, 6.07) is 13.9. The number of benzene rings is 2. The lowest BCUT2D eigenvalue weighted by Crippen LogP contribution is -1.90. The standard InChI is InChI=1S/C16H12N4S/c17-11-4-5-14-15(8-11)21-16(20-14)19-13-3-1-2-10-9-18-7-6-12(10)13/h1-9H,17H2,(H,19,20). The van der Waals surface area contributed by atoms with E-state index in [2.05, 4.69) is 15.3 Å². The fourth-order valence-electron chi connectivity index (χ4n) is 2.34. The normalized spacial score (nSPS) is 11.0. The molecule has 0 spiro atoms. The maximum absolute atomic E-state index is 5.81. The summed E-state index contributed by atoms with van der Waals surface area (Å²) in [4.78, 5) is 8.74. The minimum Gasteiger partial charge on any atom is -0.399 e. The van der Waals surface area contributed by atoms with Crippen molar-refractivity contribution in [2.75, 3.05) is 11.1 Å². The van der Waals surface area contributed by atoms with Crippen LogP contribution in [-0.4, -0.2) is 9.97 Å². The molecule has 4 aromatic rings. The van der Waals surface area contributed by atoms with Crippen LogP contribution in [0.4, 0.5) is 16.5 Å². The molecular formula is C16H12N4S. The van der Waals surface area contributed by atoms with Crippen molar-refractivity contribution in [3.63, 3.8) is 0 Å². The number of rotatable bonds is 2. The fraction of sp³-hybridized carbons (Fsp3) is 0. The van der Waals surface area contributed by atoms with Crippen LogP contribution in [-0.2, 0) is 0 Å². The zero-order chi connectivity index (χ0) is 14.2. The van der Waals surface area contributed by atoms with Crippen molar-refractivity contribution >= 4 is 48.8 Å². The van der Waals surface area contributed by atoms with E-state index in [-0.39, 0.29) is 0 Å². The third-order valence-electron chi connectivity index (χ3n) is 3.33. The summed E-state index contributed by atoms with van der Waals surface area (Å²) in [6.45, 7) is 0. The Bertz CT molecular complexity index is 940. The molecule has 0 aliphatic carbocycles. The highest BCUT2D eigenvalue weighted by atomic mass is 32.1. The summed E-state index contributed by atoms with van der Waals surface area (Å²) >= 11 is 1.60. The highest BCUT2D eigenvalue weighted by Crippen LogP contribution is 2.31. The maximum atomic E-state index is 5.81. The second-order valence-electron chi connectivity index (χ2n) is 4.77. The zero-order valence-electron chi connectivity index (χ0n) is 11.1. The molecule has 2 heterocycles. The summed E-state index contributed by atoms with van der Waals surface area (Å²) in [5, 5.41) is 6.49. The van der Waals surface area contributed by atoms with Gasteiger partial charge in [0.15, 0.2) is 5.13 Å². The summed E-state index contributed by atoms with van der Waals surface area (Å²) in [7, 11) is 0. The molecule has 4 nitrogen and oxygen atoms in total. The fourth-order valence-corrected chi connectivity index (χ4v) is 3.27. The molecule has 0 unspecified atom stereocenters. The van der Waals surface area contributed by atoms with Crippen LogP contribution in [0, 0.1) is 0 Å². The van der Waals surface area contributed by atoms with Crippen molar-refractivity contribution in [2.24, 2.45) is 0 Å². The molecule has 0 saturated carbocycles. The largest absolute Gasteiger partial charge is 0.399 e. The molecule has 0 amide bonds. The van der Waals surface area contributed by atoms with Crippen LogP contribution in [0.15, 0.2) is 54.9 Å². The highest BCUT2D eigenvalue weighted by molar-refractivity contribution is 7.22. The monoisotopic (exact) mass is 292 g/mol. The molecule has 21 heavy (non-hydrogen) atoms. The van der Waals surface area contributed by atoms with E-state index < -0.39 is 0 Å². The van der Waals surface area contributed by atoms with Crippen LogP contribution in [0.2, 0.25) is 0 Å². The number of anilines is 3. The Labute approximate surface area is 125 Å². The van der Waals surface area contributed by atoms with Gasteiger partial charge in [0.2, 0.25) is 0 Å². The van der Waals surface area contributed by atoms with E-state index in [0.29, 0.717) is 0 Å². The molecule has 0 atom stereocenters. The van der Waals surface area contributed by atoms with Crippen LogP contribution in [0.3, 0.4) is 0 Å². The Balaban J connectivity index is 1.79. The average Bonchev–Trinajstić information content (AvgIpc) is 2.89. The molecule has 0 radical (unpaired) electrons. The Morgan fingerprint density at radius 1 is 1.10 bits per heavy atom. The number of pyridine rings is 1. The van der Waals surface area contributed by atoms with Gasteiger partial charge >= 0.3 is 0 Å². The smallest absolute Gasteiger partial charge is 0.188 e. The van der Waals surface area contributed by atoms with Gasteiger partial charge in [0.1, 0.15) is 0 Å². The lowest BCUT2D eigenvalue weighted by Gasteiger charge is -2.06. The van der Waals surface area contributed by atoms with Gasteiger partial charge in [-0.05, 0) is 30.3 Å². The Kier molecular flexibility index (Phi) is 2.72. The number of nitrogens with zero attached hydrogens (tertiary/aromatic N) is 2. The summed E-state index contributed by atoms with van der Waals surface area (Å²) < 4.78 is 1.08. The van der Waals surface area contributed by atoms with Crippen molar-refractivity contribution in [1.29, 1.82) is 0 Å². The second-order valence-corrected chi connectivity index (χ2v) is 5.80. The van der Waals surface area contributed by atoms with Gasteiger partial charge in [0.25, 0.3) is 0 Å². The van der Waals surface area contributed by atoms with Crippen LogP contribution in [0.25, 0.3) is 21.0 Å². The number of fused-ring (bicyclic) bond motifs is 2. The molecule has 2 aromatic heterocycles. The van der Waals surface area contributed by atoms with Crippen LogP contribution < -0.4 is 11.1 Å². The molecule has 0 fully saturated rings. The number of thiazole rings is 1. The minimum absolute atomic E-state index is 0.758. The van der Waals surface area contributed by atoms with Crippen LogP contribution >= 0.6 is 11.3 Å². The Morgan fingerprint density at radius 3 is 3.00 bits per heavy atom. The summed E-state index contributed by atoms with van der Waals surface area (Å²) in [5.74, 6) is 0. The van der Waals surface area contributed by atoms with E-state index in [1.807, 2.05) is 48.7 Å². The van der Waals surface area contributed by atoms with Gasteiger partial charge in [-0.3, -0.25) is 4.98 Å². The van der Waals surface area contributed by atoms with E-state index >= 15 is 0 Å². The predicted molar refractivity (Wildman–Crippen MR) is 89.1 cm³/mol. The first kappa shape index (κ1) is 12.1. The van der Waals surface area contributed by atoms with E-state index in [4.69, 9.17) is 5.73 Å². The SMILES string of the molecule is Nc1ccc2nc(Nc3cccc4cnccc34)sc2c1. The van der Waals surface area contributed by atoms with Crippen LogP contribution in [0.5, 0.6) is 0 Å². The van der Waals surface area contributed by atoms with Gasteiger partial charge in [0.05, 0.1) is 10.2 Å². The highest BCUT2D eigenvalue weighted by Gasteiger charge is 2.06. The summed E-state index contributed by atoms with van der Waals surface area (Å²) in [5.41, 5.74) is 8.56. The van der Waals surface area contributed by atoms with E-state index in [0.717, 1.165) is 37.5 Å². The third-order valence-corrected chi connectivity index (χ3v) is 4.27. The number of aromatic nitrogens is 2.